The van der Waals surface area contributed by atoms with Gasteiger partial charge in [0, 0.05) is 38.9 Å². The van der Waals surface area contributed by atoms with Crippen molar-refractivity contribution in [2.24, 2.45) is 14.1 Å². The summed E-state index contributed by atoms with van der Waals surface area (Å²) < 4.78 is 21.2. The molecule has 10 nitrogen and oxygen atoms in total. The first kappa shape index (κ1) is 45.9. The van der Waals surface area contributed by atoms with E-state index in [9.17, 15) is 14.7 Å². The van der Waals surface area contributed by atoms with Crippen molar-refractivity contribution in [1.29, 1.82) is 0 Å². The summed E-state index contributed by atoms with van der Waals surface area (Å²) in [4.78, 5) is 32.5. The van der Waals surface area contributed by atoms with Crippen LogP contribution >= 0.6 is 0 Å². The van der Waals surface area contributed by atoms with Gasteiger partial charge in [0.05, 0.1) is 31.3 Å². The molecule has 10 heteroatoms. The van der Waals surface area contributed by atoms with Gasteiger partial charge in [0.15, 0.2) is 0 Å². The molecule has 2 heterocycles. The molecular formula is C54H64N4O6. The number of carbonyl (C=O) groups is 2. The van der Waals surface area contributed by atoms with E-state index in [1.54, 1.807) is 12.4 Å². The van der Waals surface area contributed by atoms with Gasteiger partial charge >= 0.3 is 11.9 Å². The van der Waals surface area contributed by atoms with Gasteiger partial charge in [-0.05, 0) is 125 Å². The summed E-state index contributed by atoms with van der Waals surface area (Å²) in [6.45, 7) is 12.6. The molecule has 64 heavy (non-hydrogen) atoms. The number of imidazole rings is 2. The molecule has 0 bridgehead atoms. The first-order valence-corrected chi connectivity index (χ1v) is 22.7. The van der Waals surface area contributed by atoms with Crippen LogP contribution < -0.4 is 9.47 Å². The van der Waals surface area contributed by atoms with Gasteiger partial charge in [-0.3, -0.25) is 9.59 Å². The van der Waals surface area contributed by atoms with Crippen LogP contribution in [-0.2, 0) is 65.3 Å². The molecule has 2 aliphatic carbocycles. The van der Waals surface area contributed by atoms with Crippen molar-refractivity contribution < 1.29 is 28.9 Å². The Kier molecular flexibility index (Phi) is 14.4. The summed E-state index contributed by atoms with van der Waals surface area (Å²) in [5.41, 5.74) is 10.6. The fraction of sp³-hybridized carbons (Fsp3) is 0.407. The predicted octanol–water partition coefficient (Wildman–Crippen LogP) is 10.9. The monoisotopic (exact) mass is 864 g/mol. The number of aliphatic carboxylic acids is 1. The number of hydrogen-bond acceptors (Lipinski definition) is 7. The van der Waals surface area contributed by atoms with Crippen molar-refractivity contribution in [2.75, 3.05) is 6.61 Å². The molecule has 4 aromatic carbocycles. The van der Waals surface area contributed by atoms with Gasteiger partial charge in [0.2, 0.25) is 0 Å². The number of hydrogen-bond donors (Lipinski definition) is 1. The highest BCUT2D eigenvalue weighted by Crippen LogP contribution is 2.39. The number of benzene rings is 4. The number of ether oxygens (including phenoxy) is 3. The number of aryl methyl sites for hydroxylation is 4. The molecular weight excluding hydrogens is 801 g/mol. The molecule has 8 rings (SSSR count). The summed E-state index contributed by atoms with van der Waals surface area (Å²) in [7, 11) is 3.83. The minimum atomic E-state index is -0.844. The van der Waals surface area contributed by atoms with Crippen LogP contribution in [0.3, 0.4) is 0 Å². The number of carbonyl (C=O) groups excluding carboxylic acids is 1. The van der Waals surface area contributed by atoms with Crippen molar-refractivity contribution in [2.45, 2.75) is 122 Å². The van der Waals surface area contributed by atoms with E-state index in [1.165, 1.54) is 65.5 Å². The Morgan fingerprint density at radius 1 is 0.656 bits per heavy atom. The van der Waals surface area contributed by atoms with Gasteiger partial charge in [0.1, 0.15) is 36.4 Å². The summed E-state index contributed by atoms with van der Waals surface area (Å²) in [6, 6.07) is 29.2. The third kappa shape index (κ3) is 11.1. The molecule has 2 aliphatic rings. The molecule has 336 valence electrons. The van der Waals surface area contributed by atoms with Crippen LogP contribution in [0.5, 0.6) is 11.5 Å². The Bertz CT molecular complexity index is 2520. The highest BCUT2D eigenvalue weighted by atomic mass is 16.5. The largest absolute Gasteiger partial charge is 0.489 e. The highest BCUT2D eigenvalue weighted by molar-refractivity contribution is 5.71. The van der Waals surface area contributed by atoms with Gasteiger partial charge in [-0.1, -0.05) is 88.4 Å². The second kappa shape index (κ2) is 20.1. The van der Waals surface area contributed by atoms with E-state index in [0.29, 0.717) is 19.8 Å². The van der Waals surface area contributed by atoms with Crippen molar-refractivity contribution in [3.63, 3.8) is 0 Å². The average Bonchev–Trinajstić information content (AvgIpc) is 3.91. The Morgan fingerprint density at radius 3 is 1.48 bits per heavy atom. The number of aromatic nitrogens is 4. The summed E-state index contributed by atoms with van der Waals surface area (Å²) >= 11 is 0. The van der Waals surface area contributed by atoms with Crippen LogP contribution in [0.4, 0.5) is 0 Å². The van der Waals surface area contributed by atoms with Crippen molar-refractivity contribution in [3.05, 3.63) is 166 Å². The lowest BCUT2D eigenvalue weighted by atomic mass is 9.72. The minimum Gasteiger partial charge on any atom is -0.489 e. The van der Waals surface area contributed by atoms with E-state index < -0.39 is 5.97 Å². The van der Waals surface area contributed by atoms with Crippen LogP contribution in [-0.4, -0.2) is 42.8 Å². The van der Waals surface area contributed by atoms with E-state index in [2.05, 4.69) is 74.1 Å². The lowest BCUT2D eigenvalue weighted by Crippen LogP contribution is -2.24. The molecule has 0 radical (unpaired) electrons. The lowest BCUT2D eigenvalue weighted by molar-refractivity contribution is -0.143. The maximum atomic E-state index is 12.2. The number of carboxylic acid groups (broad SMARTS) is 1. The number of nitrogens with zero attached hydrogens (tertiary/aromatic N) is 4. The van der Waals surface area contributed by atoms with Gasteiger partial charge in [-0.25, -0.2) is 9.97 Å². The van der Waals surface area contributed by atoms with Crippen LogP contribution in [0.1, 0.15) is 141 Å². The maximum Gasteiger partial charge on any atom is 0.306 e. The Morgan fingerprint density at radius 2 is 1.09 bits per heavy atom. The van der Waals surface area contributed by atoms with Crippen LogP contribution in [0.25, 0.3) is 0 Å². The molecule has 1 N–H and O–H groups in total. The second-order valence-corrected chi connectivity index (χ2v) is 18.7. The average molecular weight is 865 g/mol. The smallest absolute Gasteiger partial charge is 0.306 e. The van der Waals surface area contributed by atoms with E-state index in [0.717, 1.165) is 40.7 Å². The molecule has 0 fully saturated rings. The fourth-order valence-corrected chi connectivity index (χ4v) is 9.46. The van der Waals surface area contributed by atoms with E-state index in [-0.39, 0.29) is 41.5 Å². The third-order valence-corrected chi connectivity index (χ3v) is 13.1. The van der Waals surface area contributed by atoms with Gasteiger partial charge in [0.25, 0.3) is 0 Å². The van der Waals surface area contributed by atoms with Crippen LogP contribution in [0.2, 0.25) is 0 Å². The first-order chi connectivity index (χ1) is 30.7. The highest BCUT2D eigenvalue weighted by Gasteiger charge is 2.29. The maximum absolute atomic E-state index is 12.2. The third-order valence-electron chi connectivity index (χ3n) is 13.1. The molecule has 6 aromatic rings. The van der Waals surface area contributed by atoms with Crippen molar-refractivity contribution in [1.82, 2.24) is 19.1 Å². The lowest BCUT2D eigenvalue weighted by Gasteiger charge is -2.33. The Labute approximate surface area is 378 Å². The van der Waals surface area contributed by atoms with Crippen molar-refractivity contribution >= 4 is 11.9 Å². The SMILES string of the molecule is CCOC(=O)C[C@@H](c1ccc(OCc2ccc3c(c2)C(C)(C)CCC3)cc1)c1nccn1C.Cn1ccnc1[C@@H](CC(=O)O)c1ccc(OCc2ccc3c(c2)C(C)(C)CCC3)cc1. The number of fused-ring (bicyclic) bond motifs is 2. The van der Waals surface area contributed by atoms with Crippen LogP contribution in [0.15, 0.2) is 110 Å². The molecule has 0 saturated heterocycles. The molecule has 0 saturated carbocycles. The van der Waals surface area contributed by atoms with E-state index in [1.807, 2.05) is 91.1 Å². The number of esters is 1. The minimum absolute atomic E-state index is 0.00400. The summed E-state index contributed by atoms with van der Waals surface area (Å²) in [5.74, 6) is 1.64. The number of rotatable bonds is 15. The predicted molar refractivity (Wildman–Crippen MR) is 250 cm³/mol. The van der Waals surface area contributed by atoms with E-state index in [4.69, 9.17) is 14.2 Å². The fourth-order valence-electron chi connectivity index (χ4n) is 9.46. The molecule has 0 spiro atoms. The molecule has 2 aromatic heterocycles. The normalized spacial score (nSPS) is 15.7. The summed E-state index contributed by atoms with van der Waals surface area (Å²) in [5, 5.41) is 9.36. The topological polar surface area (TPSA) is 118 Å². The van der Waals surface area contributed by atoms with Crippen LogP contribution in [0, 0.1) is 0 Å². The quantitative estimate of drug-likeness (QED) is 0.101. The summed E-state index contributed by atoms with van der Waals surface area (Å²) in [6.07, 6.45) is 14.7. The molecule has 0 aliphatic heterocycles. The van der Waals surface area contributed by atoms with Gasteiger partial charge < -0.3 is 28.5 Å². The standard InChI is InChI=1S/C28H34N2O3.C26H30N2O3/c1-5-32-26(31)18-24(27-29-15-16-30(27)4)21-10-12-23(13-11-21)33-19-20-8-9-22-7-6-14-28(2,3)25(22)17-20;1-26(2)12-4-5-20-7-6-18(15-23(20)26)17-31-21-10-8-19(9-11-21)22(16-24(29)30)25-27-13-14-28(25)3/h8-13,15-17,24H,5-7,14,18-19H2,1-4H3;6-11,13-15,22H,4-5,12,16-17H2,1-3H3,(H,29,30)/t24-;22-/m00/s1. The zero-order chi connectivity index (χ0) is 45.4. The molecule has 2 atom stereocenters. The van der Waals surface area contributed by atoms with Gasteiger partial charge in [-0.2, -0.15) is 0 Å². The zero-order valence-electron chi connectivity index (χ0n) is 38.6. The first-order valence-electron chi connectivity index (χ1n) is 22.7. The van der Waals surface area contributed by atoms with Crippen molar-refractivity contribution in [3.8, 4) is 11.5 Å². The van der Waals surface area contributed by atoms with E-state index >= 15 is 0 Å². The zero-order valence-corrected chi connectivity index (χ0v) is 38.6. The number of carboxylic acids is 1. The Balaban J connectivity index is 0.000000192. The second-order valence-electron chi connectivity index (χ2n) is 18.7. The molecule has 0 unspecified atom stereocenters. The molecule has 0 amide bonds. The Hall–Kier alpha value is -6.16. The van der Waals surface area contributed by atoms with Gasteiger partial charge in [-0.15, -0.1) is 0 Å².